The van der Waals surface area contributed by atoms with Gasteiger partial charge < -0.3 is 4.74 Å². The van der Waals surface area contributed by atoms with Gasteiger partial charge in [0.2, 0.25) is 5.90 Å². The maximum absolute atomic E-state index is 14.0. The molecule has 27 heavy (non-hydrogen) atoms. The van der Waals surface area contributed by atoms with E-state index in [4.69, 9.17) is 4.74 Å². The first kappa shape index (κ1) is 17.4. The van der Waals surface area contributed by atoms with E-state index >= 15 is 0 Å². The highest BCUT2D eigenvalue weighted by Gasteiger charge is 2.23. The highest BCUT2D eigenvalue weighted by molar-refractivity contribution is 5.95. The molecule has 1 atom stereocenters. The summed E-state index contributed by atoms with van der Waals surface area (Å²) in [6.45, 7) is 2.43. The van der Waals surface area contributed by atoms with Crippen LogP contribution in [0, 0.1) is 18.6 Å². The third-order valence-corrected chi connectivity index (χ3v) is 4.76. The van der Waals surface area contributed by atoms with E-state index < -0.39 is 11.6 Å². The van der Waals surface area contributed by atoms with Crippen LogP contribution in [0.4, 0.5) is 8.78 Å². The van der Waals surface area contributed by atoms with Gasteiger partial charge in [-0.2, -0.15) is 0 Å². The Morgan fingerprint density at radius 2 is 1.44 bits per heavy atom. The molecule has 0 bridgehead atoms. The Balaban J connectivity index is 1.62. The van der Waals surface area contributed by atoms with E-state index in [1.807, 2.05) is 24.3 Å². The molecule has 0 spiro atoms. The minimum Gasteiger partial charge on any atom is -0.477 e. The number of hydrogen-bond donors (Lipinski definition) is 0. The molecular formula is C23H19F2NO. The molecule has 0 saturated carbocycles. The summed E-state index contributed by atoms with van der Waals surface area (Å²) in [6, 6.07) is 20.1. The van der Waals surface area contributed by atoms with Crippen molar-refractivity contribution in [1.29, 1.82) is 0 Å². The van der Waals surface area contributed by atoms with E-state index in [9.17, 15) is 8.78 Å². The van der Waals surface area contributed by atoms with Gasteiger partial charge in [-0.05, 0) is 35.7 Å². The average Bonchev–Trinajstić information content (AvgIpc) is 2.69. The lowest BCUT2D eigenvalue weighted by Crippen LogP contribution is -2.20. The minimum atomic E-state index is -0.663. The maximum Gasteiger partial charge on any atom is 0.222 e. The number of aliphatic imine (C=N–C) groups is 1. The third-order valence-electron chi connectivity index (χ3n) is 4.76. The molecule has 2 nitrogen and oxygen atoms in total. The summed E-state index contributed by atoms with van der Waals surface area (Å²) >= 11 is 0. The van der Waals surface area contributed by atoms with Crippen LogP contribution < -0.4 is 0 Å². The monoisotopic (exact) mass is 363 g/mol. The van der Waals surface area contributed by atoms with Crippen LogP contribution in [0.5, 0.6) is 0 Å². The number of rotatable bonds is 3. The maximum atomic E-state index is 14.0. The van der Waals surface area contributed by atoms with Gasteiger partial charge in [-0.25, -0.2) is 13.8 Å². The van der Waals surface area contributed by atoms with Crippen molar-refractivity contribution in [1.82, 2.24) is 0 Å². The first-order valence-corrected chi connectivity index (χ1v) is 8.94. The van der Waals surface area contributed by atoms with Crippen molar-refractivity contribution in [3.8, 4) is 11.1 Å². The topological polar surface area (TPSA) is 21.6 Å². The van der Waals surface area contributed by atoms with Crippen LogP contribution in [0.25, 0.3) is 11.1 Å². The molecule has 1 aliphatic heterocycles. The van der Waals surface area contributed by atoms with Crippen molar-refractivity contribution in [3.05, 3.63) is 95.1 Å². The van der Waals surface area contributed by atoms with Crippen LogP contribution in [0.3, 0.4) is 0 Å². The van der Waals surface area contributed by atoms with E-state index in [-0.39, 0.29) is 17.5 Å². The Morgan fingerprint density at radius 3 is 2.07 bits per heavy atom. The smallest absolute Gasteiger partial charge is 0.222 e. The van der Waals surface area contributed by atoms with Crippen molar-refractivity contribution in [2.45, 2.75) is 19.4 Å². The summed E-state index contributed by atoms with van der Waals surface area (Å²) in [6.07, 6.45) is 0.670. The molecule has 3 aromatic rings. The standard InChI is InChI=1S/C23H19F2NO/c1-15-5-7-16(8-6-15)17-9-11-18(12-10-17)21-13-14-27-23(26-21)22-19(24)3-2-4-20(22)25/h2-12,21H,13-14H2,1H3. The average molecular weight is 363 g/mol. The highest BCUT2D eigenvalue weighted by atomic mass is 19.1. The Labute approximate surface area is 157 Å². The largest absolute Gasteiger partial charge is 0.477 e. The van der Waals surface area contributed by atoms with Crippen molar-refractivity contribution in [2.24, 2.45) is 4.99 Å². The first-order valence-electron chi connectivity index (χ1n) is 8.94. The second-order valence-electron chi connectivity index (χ2n) is 6.67. The molecule has 0 amide bonds. The number of benzene rings is 3. The Hall–Kier alpha value is -3.01. The lowest BCUT2D eigenvalue weighted by Gasteiger charge is -2.22. The molecule has 0 saturated heterocycles. The normalized spacial score (nSPS) is 16.6. The van der Waals surface area contributed by atoms with E-state index in [2.05, 4.69) is 36.2 Å². The van der Waals surface area contributed by atoms with Crippen molar-refractivity contribution in [3.63, 3.8) is 0 Å². The van der Waals surface area contributed by atoms with Gasteiger partial charge in [-0.1, -0.05) is 60.2 Å². The van der Waals surface area contributed by atoms with Gasteiger partial charge in [0.25, 0.3) is 0 Å². The molecule has 0 aromatic heterocycles. The first-order chi connectivity index (χ1) is 13.1. The van der Waals surface area contributed by atoms with Gasteiger partial charge in [0, 0.05) is 6.42 Å². The number of aryl methyl sites for hydroxylation is 1. The molecule has 3 aromatic carbocycles. The molecule has 1 heterocycles. The lowest BCUT2D eigenvalue weighted by atomic mass is 9.98. The molecule has 1 unspecified atom stereocenters. The third kappa shape index (κ3) is 3.61. The van der Waals surface area contributed by atoms with Gasteiger partial charge in [-0.3, -0.25) is 0 Å². The second-order valence-corrected chi connectivity index (χ2v) is 6.67. The van der Waals surface area contributed by atoms with Gasteiger partial charge in [-0.15, -0.1) is 0 Å². The zero-order chi connectivity index (χ0) is 18.8. The molecule has 136 valence electrons. The predicted molar refractivity (Wildman–Crippen MR) is 103 cm³/mol. The number of halogens is 2. The van der Waals surface area contributed by atoms with Gasteiger partial charge >= 0.3 is 0 Å². The fourth-order valence-electron chi connectivity index (χ4n) is 3.23. The number of ether oxygens (including phenoxy) is 1. The fourth-order valence-corrected chi connectivity index (χ4v) is 3.23. The number of hydrogen-bond acceptors (Lipinski definition) is 2. The summed E-state index contributed by atoms with van der Waals surface area (Å²) in [5, 5.41) is 0. The molecule has 4 rings (SSSR count). The van der Waals surface area contributed by atoms with E-state index in [0.717, 1.165) is 16.7 Å². The molecule has 0 aliphatic carbocycles. The van der Waals surface area contributed by atoms with Crippen LogP contribution in [0.1, 0.15) is 29.2 Å². The molecular weight excluding hydrogens is 344 g/mol. The van der Waals surface area contributed by atoms with E-state index in [1.54, 1.807) is 0 Å². The summed E-state index contributed by atoms with van der Waals surface area (Å²) in [5.74, 6) is -1.29. The Bertz CT molecular complexity index is 958. The summed E-state index contributed by atoms with van der Waals surface area (Å²) in [5.41, 5.74) is 4.30. The lowest BCUT2D eigenvalue weighted by molar-refractivity contribution is 0.260. The van der Waals surface area contributed by atoms with Crippen LogP contribution in [-0.4, -0.2) is 12.5 Å². The van der Waals surface area contributed by atoms with Crippen LogP contribution in [-0.2, 0) is 4.74 Å². The Morgan fingerprint density at radius 1 is 0.852 bits per heavy atom. The quantitative estimate of drug-likeness (QED) is 0.572. The van der Waals surface area contributed by atoms with Gasteiger partial charge in [0.15, 0.2) is 0 Å². The van der Waals surface area contributed by atoms with Crippen molar-refractivity contribution in [2.75, 3.05) is 6.61 Å². The zero-order valence-electron chi connectivity index (χ0n) is 15.0. The van der Waals surface area contributed by atoms with E-state index in [0.29, 0.717) is 13.0 Å². The summed E-state index contributed by atoms with van der Waals surface area (Å²) in [4.78, 5) is 4.47. The molecule has 0 radical (unpaired) electrons. The van der Waals surface area contributed by atoms with Crippen LogP contribution >= 0.6 is 0 Å². The second kappa shape index (κ2) is 7.31. The minimum absolute atomic E-state index is 0.0319. The molecule has 4 heteroatoms. The van der Waals surface area contributed by atoms with Gasteiger partial charge in [0.1, 0.15) is 17.2 Å². The predicted octanol–water partition coefficient (Wildman–Crippen LogP) is 5.85. The van der Waals surface area contributed by atoms with Crippen LogP contribution in [0.15, 0.2) is 71.7 Å². The van der Waals surface area contributed by atoms with Crippen molar-refractivity contribution >= 4 is 5.90 Å². The van der Waals surface area contributed by atoms with Crippen LogP contribution in [0.2, 0.25) is 0 Å². The highest BCUT2D eigenvalue weighted by Crippen LogP contribution is 2.29. The Kier molecular flexibility index (Phi) is 4.71. The molecule has 0 N–H and O–H groups in total. The zero-order valence-corrected chi connectivity index (χ0v) is 15.0. The summed E-state index contributed by atoms with van der Waals surface area (Å²) < 4.78 is 33.5. The van der Waals surface area contributed by atoms with Crippen molar-refractivity contribution < 1.29 is 13.5 Å². The number of nitrogens with zero attached hydrogens (tertiary/aromatic N) is 1. The summed E-state index contributed by atoms with van der Waals surface area (Å²) in [7, 11) is 0. The molecule has 1 aliphatic rings. The molecule has 0 fully saturated rings. The van der Waals surface area contributed by atoms with Gasteiger partial charge in [0.05, 0.1) is 12.6 Å². The van der Waals surface area contributed by atoms with E-state index in [1.165, 1.54) is 23.8 Å². The fraction of sp³-hybridized carbons (Fsp3) is 0.174. The SMILES string of the molecule is Cc1ccc(-c2ccc(C3CCOC(c4c(F)cccc4F)=N3)cc2)cc1.